The lowest BCUT2D eigenvalue weighted by Gasteiger charge is -2.37. The van der Waals surface area contributed by atoms with Crippen LogP contribution in [0, 0.1) is 0 Å². The topological polar surface area (TPSA) is 170 Å². The lowest BCUT2D eigenvalue weighted by atomic mass is 9.80. The van der Waals surface area contributed by atoms with Crippen LogP contribution in [0.15, 0.2) is 101 Å². The average Bonchev–Trinajstić information content (AvgIpc) is 3.53. The van der Waals surface area contributed by atoms with Gasteiger partial charge in [-0.25, -0.2) is 4.79 Å². The first-order valence-corrected chi connectivity index (χ1v) is 16.3. The minimum atomic E-state index is -5.05. The molecule has 1 aliphatic rings. The van der Waals surface area contributed by atoms with Crippen LogP contribution < -0.4 is 31.4 Å². The molecule has 1 fully saturated rings. The van der Waals surface area contributed by atoms with Crippen LogP contribution in [0.25, 0.3) is 6.08 Å². The number of methoxy groups -OCH3 is 2. The molecule has 0 spiro atoms. The number of hydrogen-bond donors (Lipinski definition) is 4. The highest BCUT2D eigenvalue weighted by atomic mass is 19.4. The van der Waals surface area contributed by atoms with Crippen molar-refractivity contribution in [1.82, 2.24) is 20.2 Å². The van der Waals surface area contributed by atoms with Gasteiger partial charge >= 0.3 is 17.8 Å². The van der Waals surface area contributed by atoms with Gasteiger partial charge in [0.05, 0.1) is 32.5 Å². The smallest absolute Gasteiger partial charge is 0.471 e. The van der Waals surface area contributed by atoms with Gasteiger partial charge in [-0.05, 0) is 47.0 Å². The maximum absolute atomic E-state index is 12.9. The van der Waals surface area contributed by atoms with Crippen LogP contribution in [0.1, 0.15) is 34.9 Å². The van der Waals surface area contributed by atoms with Crippen molar-refractivity contribution in [3.8, 4) is 11.5 Å². The lowest BCUT2D eigenvalue weighted by molar-refractivity contribution is -0.173. The zero-order valence-electron chi connectivity index (χ0n) is 28.6. The summed E-state index contributed by atoms with van der Waals surface area (Å²) in [5.74, 6) is -1.64. The number of rotatable bonds is 14. The Balaban J connectivity index is 1.36. The van der Waals surface area contributed by atoms with E-state index < -0.39 is 59.8 Å². The third kappa shape index (κ3) is 9.03. The number of carbonyl (C=O) groups is 2. The molecule has 3 atom stereocenters. The van der Waals surface area contributed by atoms with Crippen molar-refractivity contribution in [3.63, 3.8) is 0 Å². The molecule has 280 valence electrons. The van der Waals surface area contributed by atoms with Gasteiger partial charge in [0.25, 0.3) is 5.56 Å². The van der Waals surface area contributed by atoms with Crippen molar-refractivity contribution < 1.29 is 46.8 Å². The summed E-state index contributed by atoms with van der Waals surface area (Å²) in [5.41, 5.74) is -0.696. The maximum Gasteiger partial charge on any atom is 0.471 e. The van der Waals surface area contributed by atoms with E-state index in [0.717, 1.165) is 39.6 Å². The predicted molar refractivity (Wildman–Crippen MR) is 185 cm³/mol. The predicted octanol–water partition coefficient (Wildman–Crippen LogP) is 3.02. The number of alkyl halides is 3. The highest BCUT2D eigenvalue weighted by Crippen LogP contribution is 2.42. The van der Waals surface area contributed by atoms with Crippen LogP contribution in [0.2, 0.25) is 0 Å². The molecule has 1 aromatic heterocycles. The second-order valence-corrected chi connectivity index (χ2v) is 11.9. The quantitative estimate of drug-likeness (QED) is 0.0863. The van der Waals surface area contributed by atoms with E-state index in [-0.39, 0.29) is 25.1 Å². The number of nitrogens with zero attached hydrogens (tertiary/aromatic N) is 1. The van der Waals surface area contributed by atoms with Crippen molar-refractivity contribution in [1.29, 1.82) is 0 Å². The van der Waals surface area contributed by atoms with Crippen LogP contribution in [0.3, 0.4) is 0 Å². The van der Waals surface area contributed by atoms with Gasteiger partial charge in [0.15, 0.2) is 0 Å². The molecule has 0 unspecified atom stereocenters. The molecule has 3 aromatic carbocycles. The van der Waals surface area contributed by atoms with E-state index in [2.05, 4.69) is 10.3 Å². The monoisotopic (exact) mass is 738 g/mol. The van der Waals surface area contributed by atoms with Gasteiger partial charge in [0.2, 0.25) is 5.91 Å². The van der Waals surface area contributed by atoms with E-state index in [9.17, 15) is 37.5 Å². The second-order valence-electron chi connectivity index (χ2n) is 11.9. The van der Waals surface area contributed by atoms with E-state index in [1.807, 2.05) is 78.9 Å². The van der Waals surface area contributed by atoms with Crippen molar-refractivity contribution in [2.24, 2.45) is 0 Å². The number of hydrogen-bond acceptors (Lipinski definition) is 9. The molecular weight excluding hydrogens is 701 g/mol. The Morgan fingerprint density at radius 2 is 1.47 bits per heavy atom. The number of aromatic amines is 1. The van der Waals surface area contributed by atoms with Gasteiger partial charge in [0, 0.05) is 31.8 Å². The molecule has 13 nitrogen and oxygen atoms in total. The first kappa shape index (κ1) is 38.5. The molecule has 1 saturated heterocycles. The molecule has 0 saturated carbocycles. The minimum Gasteiger partial charge on any atom is -0.497 e. The number of aliphatic hydroxyl groups is 1. The van der Waals surface area contributed by atoms with E-state index in [4.69, 9.17) is 18.9 Å². The van der Waals surface area contributed by atoms with Gasteiger partial charge in [-0.15, -0.1) is 0 Å². The van der Waals surface area contributed by atoms with Crippen molar-refractivity contribution in [2.45, 2.75) is 36.6 Å². The van der Waals surface area contributed by atoms with Crippen molar-refractivity contribution in [2.75, 3.05) is 33.9 Å². The van der Waals surface area contributed by atoms with Crippen molar-refractivity contribution in [3.05, 3.63) is 134 Å². The maximum atomic E-state index is 12.9. The molecule has 0 radical (unpaired) electrons. The largest absolute Gasteiger partial charge is 0.497 e. The van der Waals surface area contributed by atoms with E-state index in [1.54, 1.807) is 19.5 Å². The van der Waals surface area contributed by atoms with Crippen LogP contribution in [-0.4, -0.2) is 78.8 Å². The average molecular weight is 739 g/mol. The summed E-state index contributed by atoms with van der Waals surface area (Å²) in [4.78, 5) is 50.7. The zero-order chi connectivity index (χ0) is 38.2. The molecule has 0 bridgehead atoms. The molecule has 53 heavy (non-hydrogen) atoms. The lowest BCUT2D eigenvalue weighted by Crippen LogP contribution is -2.40. The Kier molecular flexibility index (Phi) is 12.2. The molecule has 4 aromatic rings. The normalized spacial score (nSPS) is 17.4. The summed E-state index contributed by atoms with van der Waals surface area (Å²) in [5, 5.41) is 15.0. The highest BCUT2D eigenvalue weighted by Gasteiger charge is 2.42. The molecule has 1 aliphatic heterocycles. The Morgan fingerprint density at radius 1 is 0.906 bits per heavy atom. The fourth-order valence-electron chi connectivity index (χ4n) is 5.84. The minimum absolute atomic E-state index is 0.0450. The first-order valence-electron chi connectivity index (χ1n) is 16.3. The third-order valence-corrected chi connectivity index (χ3v) is 8.53. The summed E-state index contributed by atoms with van der Waals surface area (Å²) in [7, 11) is 3.13. The summed E-state index contributed by atoms with van der Waals surface area (Å²) in [6.45, 7) is -0.943. The van der Waals surface area contributed by atoms with E-state index >= 15 is 0 Å². The molecule has 2 heterocycles. The summed E-state index contributed by atoms with van der Waals surface area (Å²) in [6, 6.07) is 24.3. The molecular formula is C37H37F3N4O9. The Bertz CT molecular complexity index is 1970. The Morgan fingerprint density at radius 3 is 2.04 bits per heavy atom. The molecule has 4 N–H and O–H groups in total. The van der Waals surface area contributed by atoms with Gasteiger partial charge in [-0.3, -0.25) is 23.9 Å². The number of carbonyl (C=O) groups excluding carboxylic acids is 2. The highest BCUT2D eigenvalue weighted by molar-refractivity contribution is 5.91. The number of nitrogens with one attached hydrogen (secondary N) is 3. The van der Waals surface area contributed by atoms with Gasteiger partial charge in [0.1, 0.15) is 29.4 Å². The van der Waals surface area contributed by atoms with Crippen LogP contribution in [-0.2, 0) is 24.7 Å². The molecule has 2 amide bonds. The number of halogens is 3. The van der Waals surface area contributed by atoms with Gasteiger partial charge in [-0.2, -0.15) is 13.2 Å². The first-order chi connectivity index (χ1) is 25.3. The number of amides is 2. The standard InChI is InChI=1S/C37H37F3N4O9/c1-50-27-13-9-25(10-14-27)36(24-6-4-3-5-7-24,26-11-15-28(51-2)16-12-26)52-22-30-29(45)20-32(53-30)44-21-23(33(47)43-35(44)49)8-17-31(46)41-18-19-42-34(48)37(38,39)40/h3-17,21,29-30,32,45H,18-20,22H2,1-2H3,(H,41,46)(H,42,48)(H,43,47,49)/t29-,30+,32+/m0/s1. The number of aromatic nitrogens is 2. The van der Waals surface area contributed by atoms with E-state index in [1.165, 1.54) is 0 Å². The van der Waals surface area contributed by atoms with Crippen LogP contribution in [0.5, 0.6) is 11.5 Å². The second kappa shape index (κ2) is 16.8. The number of aliphatic hydroxyl groups excluding tert-OH is 1. The molecule has 0 aliphatic carbocycles. The van der Waals surface area contributed by atoms with Crippen LogP contribution >= 0.6 is 0 Å². The van der Waals surface area contributed by atoms with Gasteiger partial charge < -0.3 is 34.7 Å². The zero-order valence-corrected chi connectivity index (χ0v) is 28.6. The van der Waals surface area contributed by atoms with Crippen molar-refractivity contribution >= 4 is 17.9 Å². The molecule has 5 rings (SSSR count). The Labute approximate surface area is 301 Å². The van der Waals surface area contributed by atoms with Gasteiger partial charge in [-0.1, -0.05) is 54.6 Å². The number of ether oxygens (including phenoxy) is 4. The SMILES string of the molecule is COc1ccc(C(OC[C@H]2O[C@@H](n3cc(C=CC(=O)NCCNC(=O)C(F)(F)F)c(=O)[nH]c3=O)C[C@@H]2O)(c2ccccc2)c2ccc(OC)cc2)cc1. The third-order valence-electron chi connectivity index (χ3n) is 8.53. The number of H-pyrrole nitrogens is 1. The molecule has 16 heteroatoms. The fraction of sp³-hybridized carbons (Fsp3) is 0.297. The fourth-order valence-corrected chi connectivity index (χ4v) is 5.84. The van der Waals surface area contributed by atoms with E-state index in [0.29, 0.717) is 11.5 Å². The number of benzene rings is 3. The summed E-state index contributed by atoms with van der Waals surface area (Å²) in [6.07, 6.45) is -4.96. The van der Waals surface area contributed by atoms with Crippen LogP contribution in [0.4, 0.5) is 13.2 Å². The summed E-state index contributed by atoms with van der Waals surface area (Å²) < 4.78 is 61.8. The summed E-state index contributed by atoms with van der Waals surface area (Å²) >= 11 is 0. The Hall–Kier alpha value is -5.71.